The van der Waals surface area contributed by atoms with Gasteiger partial charge in [-0.3, -0.25) is 4.79 Å². The summed E-state index contributed by atoms with van der Waals surface area (Å²) < 4.78 is 0. The third-order valence-corrected chi connectivity index (χ3v) is 4.03. The molecule has 0 aromatic carbocycles. The first-order valence-electron chi connectivity index (χ1n) is 6.48. The third kappa shape index (κ3) is 2.55. The Kier molecular flexibility index (Phi) is 3.82. The number of carbonyl (C=O) groups excluding carboxylic acids is 1. The number of hydrogen-bond acceptors (Lipinski definition) is 3. The Morgan fingerprint density at radius 3 is 2.25 bits per heavy atom. The van der Waals surface area contributed by atoms with E-state index in [9.17, 15) is 4.79 Å². The Morgan fingerprint density at radius 2 is 1.69 bits per heavy atom. The first-order valence-corrected chi connectivity index (χ1v) is 6.48. The van der Waals surface area contributed by atoms with Gasteiger partial charge in [0.05, 0.1) is 6.04 Å². The van der Waals surface area contributed by atoms with Crippen LogP contribution in [0.1, 0.15) is 38.5 Å². The lowest BCUT2D eigenvalue weighted by molar-refractivity contribution is -0.133. The van der Waals surface area contributed by atoms with E-state index >= 15 is 0 Å². The van der Waals surface area contributed by atoms with E-state index in [0.29, 0.717) is 12.0 Å². The molecule has 0 aromatic rings. The van der Waals surface area contributed by atoms with E-state index in [1.165, 1.54) is 0 Å². The lowest BCUT2D eigenvalue weighted by Gasteiger charge is -2.31. The van der Waals surface area contributed by atoms with E-state index in [0.717, 1.165) is 51.6 Å². The molecule has 0 bridgehead atoms. The molecule has 1 amide bonds. The number of likely N-dealkylation sites (tertiary alicyclic amines) is 1. The minimum atomic E-state index is -0.286. The molecule has 1 aliphatic carbocycles. The highest BCUT2D eigenvalue weighted by atomic mass is 16.2. The van der Waals surface area contributed by atoms with E-state index < -0.39 is 0 Å². The first-order chi connectivity index (χ1) is 7.68. The summed E-state index contributed by atoms with van der Waals surface area (Å²) in [5.41, 5.74) is 11.9. The zero-order valence-electron chi connectivity index (χ0n) is 9.90. The van der Waals surface area contributed by atoms with Gasteiger partial charge in [0.15, 0.2) is 0 Å². The van der Waals surface area contributed by atoms with E-state index in [-0.39, 0.29) is 11.9 Å². The number of rotatable bonds is 2. The molecule has 92 valence electrons. The number of nitrogens with zero attached hydrogens (tertiary/aromatic N) is 1. The van der Waals surface area contributed by atoms with Gasteiger partial charge in [0.1, 0.15) is 0 Å². The monoisotopic (exact) mass is 225 g/mol. The van der Waals surface area contributed by atoms with E-state index in [1.54, 1.807) is 0 Å². The maximum absolute atomic E-state index is 12.1. The van der Waals surface area contributed by atoms with Crippen molar-refractivity contribution < 1.29 is 4.79 Å². The molecule has 1 heterocycles. The molecule has 1 saturated carbocycles. The summed E-state index contributed by atoms with van der Waals surface area (Å²) in [6.45, 7) is 1.80. The molecule has 4 N–H and O–H groups in total. The van der Waals surface area contributed by atoms with E-state index in [4.69, 9.17) is 11.5 Å². The predicted molar refractivity (Wildman–Crippen MR) is 63.7 cm³/mol. The number of amides is 1. The normalized spacial score (nSPS) is 32.8. The second-order valence-corrected chi connectivity index (χ2v) is 5.23. The van der Waals surface area contributed by atoms with Crippen molar-refractivity contribution in [2.75, 3.05) is 13.1 Å². The van der Waals surface area contributed by atoms with E-state index in [1.807, 2.05) is 4.90 Å². The highest BCUT2D eigenvalue weighted by molar-refractivity contribution is 5.82. The average Bonchev–Trinajstić information content (AvgIpc) is 2.81. The topological polar surface area (TPSA) is 72.4 Å². The summed E-state index contributed by atoms with van der Waals surface area (Å²) in [5.74, 6) is 0.519. The summed E-state index contributed by atoms with van der Waals surface area (Å²) in [6, 6.07) is 0.0379. The SMILES string of the molecule is NC(C(=O)N1CCCC1)[C@H]1CC[C@H](N)CC1. The van der Waals surface area contributed by atoms with Gasteiger partial charge in [-0.2, -0.15) is 0 Å². The third-order valence-electron chi connectivity index (χ3n) is 4.03. The number of hydrogen-bond donors (Lipinski definition) is 2. The van der Waals surface area contributed by atoms with Crippen LogP contribution < -0.4 is 11.5 Å². The number of carbonyl (C=O) groups is 1. The zero-order valence-corrected chi connectivity index (χ0v) is 9.90. The van der Waals surface area contributed by atoms with Crippen LogP contribution in [-0.2, 0) is 4.79 Å². The lowest BCUT2D eigenvalue weighted by atomic mass is 9.81. The molecule has 2 fully saturated rings. The van der Waals surface area contributed by atoms with E-state index in [2.05, 4.69) is 0 Å². The smallest absolute Gasteiger partial charge is 0.239 e. The fraction of sp³-hybridized carbons (Fsp3) is 0.917. The van der Waals surface area contributed by atoms with Gasteiger partial charge in [0.25, 0.3) is 0 Å². The van der Waals surface area contributed by atoms with Crippen LogP contribution in [0, 0.1) is 5.92 Å². The molecule has 4 nitrogen and oxygen atoms in total. The minimum Gasteiger partial charge on any atom is -0.341 e. The first kappa shape index (κ1) is 11.9. The molecular formula is C12H23N3O. The standard InChI is InChI=1S/C12H23N3O/c13-10-5-3-9(4-6-10)11(14)12(16)15-7-1-2-8-15/h9-11H,1-8,13-14H2/t9-,10-,11?. The second-order valence-electron chi connectivity index (χ2n) is 5.23. The molecule has 1 atom stereocenters. The van der Waals surface area contributed by atoms with Crippen LogP contribution in [0.25, 0.3) is 0 Å². The van der Waals surface area contributed by atoms with Crippen LogP contribution in [0.4, 0.5) is 0 Å². The van der Waals surface area contributed by atoms with Gasteiger partial charge in [-0.1, -0.05) is 0 Å². The largest absolute Gasteiger partial charge is 0.341 e. The van der Waals surface area contributed by atoms with Crippen LogP contribution in [0.3, 0.4) is 0 Å². The molecule has 0 aromatic heterocycles. The van der Waals surface area contributed by atoms with Gasteiger partial charge in [0.2, 0.25) is 5.91 Å². The van der Waals surface area contributed by atoms with Crippen molar-refractivity contribution in [1.29, 1.82) is 0 Å². The van der Waals surface area contributed by atoms with Gasteiger partial charge in [0, 0.05) is 19.1 Å². The minimum absolute atomic E-state index is 0.165. The Labute approximate surface area is 97.3 Å². The fourth-order valence-corrected chi connectivity index (χ4v) is 2.85. The van der Waals surface area contributed by atoms with Gasteiger partial charge >= 0.3 is 0 Å². The van der Waals surface area contributed by atoms with Crippen molar-refractivity contribution in [2.45, 2.75) is 50.6 Å². The van der Waals surface area contributed by atoms with Crippen LogP contribution in [0.5, 0.6) is 0 Å². The highest BCUT2D eigenvalue weighted by Crippen LogP contribution is 2.26. The molecule has 16 heavy (non-hydrogen) atoms. The molecule has 1 aliphatic heterocycles. The average molecular weight is 225 g/mol. The van der Waals surface area contributed by atoms with Crippen molar-refractivity contribution in [3.63, 3.8) is 0 Å². The summed E-state index contributed by atoms with van der Waals surface area (Å²) in [4.78, 5) is 14.0. The Morgan fingerprint density at radius 1 is 1.12 bits per heavy atom. The van der Waals surface area contributed by atoms with Crippen LogP contribution in [-0.4, -0.2) is 36.0 Å². The van der Waals surface area contributed by atoms with Crippen molar-refractivity contribution >= 4 is 5.91 Å². The van der Waals surface area contributed by atoms with Crippen molar-refractivity contribution in [1.82, 2.24) is 4.90 Å². The lowest BCUT2D eigenvalue weighted by Crippen LogP contribution is -2.48. The highest BCUT2D eigenvalue weighted by Gasteiger charge is 2.31. The predicted octanol–water partition coefficient (Wildman–Crippen LogP) is 0.454. The second kappa shape index (κ2) is 5.15. The summed E-state index contributed by atoms with van der Waals surface area (Å²) >= 11 is 0. The summed E-state index contributed by atoms with van der Waals surface area (Å²) in [6.07, 6.45) is 6.34. The van der Waals surface area contributed by atoms with Gasteiger partial charge in [-0.15, -0.1) is 0 Å². The molecule has 1 unspecified atom stereocenters. The maximum atomic E-state index is 12.1. The Bertz CT molecular complexity index is 243. The maximum Gasteiger partial charge on any atom is 0.239 e. The molecule has 4 heteroatoms. The molecular weight excluding hydrogens is 202 g/mol. The van der Waals surface area contributed by atoms with Crippen molar-refractivity contribution in [3.05, 3.63) is 0 Å². The molecule has 2 aliphatic rings. The quantitative estimate of drug-likeness (QED) is 0.717. The summed E-state index contributed by atoms with van der Waals surface area (Å²) in [5, 5.41) is 0. The van der Waals surface area contributed by atoms with Crippen LogP contribution in [0.2, 0.25) is 0 Å². The summed E-state index contributed by atoms with van der Waals surface area (Å²) in [7, 11) is 0. The molecule has 0 spiro atoms. The van der Waals surface area contributed by atoms with Crippen molar-refractivity contribution in [2.24, 2.45) is 17.4 Å². The van der Waals surface area contributed by atoms with Gasteiger partial charge in [-0.25, -0.2) is 0 Å². The Hall–Kier alpha value is -0.610. The molecule has 0 radical (unpaired) electrons. The molecule has 1 saturated heterocycles. The zero-order chi connectivity index (χ0) is 11.5. The van der Waals surface area contributed by atoms with Gasteiger partial charge in [-0.05, 0) is 44.4 Å². The van der Waals surface area contributed by atoms with Crippen LogP contribution in [0.15, 0.2) is 0 Å². The molecule has 2 rings (SSSR count). The Balaban J connectivity index is 1.86. The van der Waals surface area contributed by atoms with Crippen molar-refractivity contribution in [3.8, 4) is 0 Å². The fourth-order valence-electron chi connectivity index (χ4n) is 2.85. The van der Waals surface area contributed by atoms with Crippen LogP contribution >= 0.6 is 0 Å². The van der Waals surface area contributed by atoms with Gasteiger partial charge < -0.3 is 16.4 Å². The number of nitrogens with two attached hydrogens (primary N) is 2.